The Morgan fingerprint density at radius 1 is 1.27 bits per heavy atom. The van der Waals surface area contributed by atoms with E-state index in [2.05, 4.69) is 4.98 Å². The molecular formula is C15H25NO5Si. The average Bonchev–Trinajstić information content (AvgIpc) is 2.52. The summed E-state index contributed by atoms with van der Waals surface area (Å²) >= 11 is 0. The molecule has 1 heterocycles. The monoisotopic (exact) mass is 327 g/mol. The quantitative estimate of drug-likeness (QED) is 0.513. The second-order valence-electron chi connectivity index (χ2n) is 4.83. The maximum Gasteiger partial charge on any atom is 0.498 e. The SMILES string of the molecule is CCO[Si](C)(OCC)O[C@H](c1ccccn1)[C@@H](C)C(=O)OC. The minimum absolute atomic E-state index is 0.361. The van der Waals surface area contributed by atoms with Gasteiger partial charge in [-0.1, -0.05) is 6.07 Å². The number of pyridine rings is 1. The van der Waals surface area contributed by atoms with Gasteiger partial charge >= 0.3 is 14.8 Å². The van der Waals surface area contributed by atoms with Crippen LogP contribution >= 0.6 is 0 Å². The van der Waals surface area contributed by atoms with Crippen molar-refractivity contribution in [1.29, 1.82) is 0 Å². The van der Waals surface area contributed by atoms with Crippen molar-refractivity contribution in [2.24, 2.45) is 5.92 Å². The number of hydrogen-bond acceptors (Lipinski definition) is 6. The van der Waals surface area contributed by atoms with Crippen molar-refractivity contribution in [2.75, 3.05) is 20.3 Å². The first-order chi connectivity index (χ1) is 10.5. The lowest BCUT2D eigenvalue weighted by Gasteiger charge is -2.32. The molecule has 0 bridgehead atoms. The van der Waals surface area contributed by atoms with Crippen molar-refractivity contribution in [2.45, 2.75) is 33.4 Å². The smallest absolute Gasteiger partial charge is 0.469 e. The summed E-state index contributed by atoms with van der Waals surface area (Å²) in [5.41, 5.74) is 0.651. The molecule has 0 spiro atoms. The third-order valence-corrected chi connectivity index (χ3v) is 5.47. The van der Waals surface area contributed by atoms with Gasteiger partial charge in [-0.2, -0.15) is 0 Å². The third-order valence-electron chi connectivity index (χ3n) is 3.16. The van der Waals surface area contributed by atoms with Crippen molar-refractivity contribution < 1.29 is 22.8 Å². The highest BCUT2D eigenvalue weighted by molar-refractivity contribution is 6.59. The molecule has 0 saturated heterocycles. The van der Waals surface area contributed by atoms with Crippen molar-refractivity contribution in [3.05, 3.63) is 30.1 Å². The van der Waals surface area contributed by atoms with Crippen molar-refractivity contribution in [3.8, 4) is 0 Å². The molecule has 0 fully saturated rings. The van der Waals surface area contributed by atoms with E-state index in [0.29, 0.717) is 18.9 Å². The Labute approximate surface area is 133 Å². The van der Waals surface area contributed by atoms with Crippen LogP contribution in [0.15, 0.2) is 24.4 Å². The lowest BCUT2D eigenvalue weighted by Crippen LogP contribution is -2.45. The summed E-state index contributed by atoms with van der Waals surface area (Å²) in [5.74, 6) is -0.882. The molecule has 7 heteroatoms. The van der Waals surface area contributed by atoms with Crippen LogP contribution in [0.4, 0.5) is 0 Å². The van der Waals surface area contributed by atoms with Gasteiger partial charge in [0.2, 0.25) is 0 Å². The highest BCUT2D eigenvalue weighted by Crippen LogP contribution is 2.30. The Balaban J connectivity index is 3.06. The first-order valence-electron chi connectivity index (χ1n) is 7.41. The summed E-state index contributed by atoms with van der Waals surface area (Å²) in [5, 5.41) is 0. The topological polar surface area (TPSA) is 66.9 Å². The van der Waals surface area contributed by atoms with Crippen LogP contribution < -0.4 is 0 Å². The molecule has 0 amide bonds. The number of carbonyl (C=O) groups excluding carboxylic acids is 1. The van der Waals surface area contributed by atoms with E-state index < -0.39 is 20.8 Å². The highest BCUT2D eigenvalue weighted by atomic mass is 28.4. The highest BCUT2D eigenvalue weighted by Gasteiger charge is 2.41. The Kier molecular flexibility index (Phi) is 7.67. The first kappa shape index (κ1) is 18.8. The van der Waals surface area contributed by atoms with Crippen LogP contribution in [0.25, 0.3) is 0 Å². The summed E-state index contributed by atoms with van der Waals surface area (Å²) in [7, 11) is -1.51. The molecule has 0 aliphatic rings. The lowest BCUT2D eigenvalue weighted by molar-refractivity contribution is -0.149. The number of hydrogen-bond donors (Lipinski definition) is 0. The minimum atomic E-state index is -2.86. The molecule has 0 aromatic carbocycles. The van der Waals surface area contributed by atoms with E-state index in [-0.39, 0.29) is 5.97 Å². The predicted molar refractivity (Wildman–Crippen MR) is 84.1 cm³/mol. The standard InChI is InChI=1S/C15H25NO5Si/c1-6-19-22(5,20-7-2)21-14(12(3)15(17)18-4)13-10-8-9-11-16-13/h8-12,14H,6-7H2,1-5H3/t12-,14+/m1/s1. The van der Waals surface area contributed by atoms with Gasteiger partial charge in [-0.15, -0.1) is 0 Å². The summed E-state index contributed by atoms with van der Waals surface area (Å²) in [6.07, 6.45) is 1.08. The minimum Gasteiger partial charge on any atom is -0.469 e. The number of ether oxygens (including phenoxy) is 1. The fourth-order valence-electron chi connectivity index (χ4n) is 2.14. The Hall–Kier alpha value is -1.28. The van der Waals surface area contributed by atoms with Crippen LogP contribution in [0.2, 0.25) is 6.55 Å². The number of esters is 1. The van der Waals surface area contributed by atoms with Crippen LogP contribution in [0.1, 0.15) is 32.6 Å². The van der Waals surface area contributed by atoms with Gasteiger partial charge in [-0.25, -0.2) is 0 Å². The van der Waals surface area contributed by atoms with Gasteiger partial charge in [0.25, 0.3) is 0 Å². The van der Waals surface area contributed by atoms with Gasteiger partial charge in [0.15, 0.2) is 0 Å². The average molecular weight is 327 g/mol. The van der Waals surface area contributed by atoms with E-state index in [4.69, 9.17) is 18.0 Å². The zero-order chi connectivity index (χ0) is 16.6. The van der Waals surface area contributed by atoms with E-state index in [1.807, 2.05) is 38.6 Å². The summed E-state index contributed by atoms with van der Waals surface area (Å²) < 4.78 is 22.4. The molecule has 6 nitrogen and oxygen atoms in total. The molecule has 0 unspecified atom stereocenters. The van der Waals surface area contributed by atoms with Crippen LogP contribution in [0, 0.1) is 5.92 Å². The Morgan fingerprint density at radius 2 is 1.91 bits per heavy atom. The molecule has 0 N–H and O–H groups in total. The van der Waals surface area contributed by atoms with E-state index in [0.717, 1.165) is 0 Å². The summed E-state index contributed by atoms with van der Waals surface area (Å²) in [6.45, 7) is 8.28. The molecule has 0 aliphatic carbocycles. The zero-order valence-corrected chi connectivity index (χ0v) is 14.9. The van der Waals surface area contributed by atoms with Crippen LogP contribution in [0.3, 0.4) is 0 Å². The van der Waals surface area contributed by atoms with Crippen molar-refractivity contribution in [3.63, 3.8) is 0 Å². The van der Waals surface area contributed by atoms with E-state index in [1.165, 1.54) is 7.11 Å². The number of methoxy groups -OCH3 is 1. The van der Waals surface area contributed by atoms with Gasteiger partial charge in [-0.05, 0) is 32.9 Å². The molecule has 0 aliphatic heterocycles. The fraction of sp³-hybridized carbons (Fsp3) is 0.600. The van der Waals surface area contributed by atoms with E-state index in [1.54, 1.807) is 13.1 Å². The van der Waals surface area contributed by atoms with Crippen LogP contribution in [-0.4, -0.2) is 40.1 Å². The molecule has 0 radical (unpaired) electrons. The molecule has 124 valence electrons. The van der Waals surface area contributed by atoms with Gasteiger partial charge in [0.1, 0.15) is 6.10 Å². The largest absolute Gasteiger partial charge is 0.498 e. The van der Waals surface area contributed by atoms with Gasteiger partial charge in [-0.3, -0.25) is 9.78 Å². The maximum atomic E-state index is 11.9. The van der Waals surface area contributed by atoms with Crippen LogP contribution in [0.5, 0.6) is 0 Å². The Morgan fingerprint density at radius 3 is 2.36 bits per heavy atom. The molecule has 1 aromatic heterocycles. The molecule has 1 aromatic rings. The fourth-order valence-corrected chi connectivity index (χ4v) is 4.19. The second kappa shape index (κ2) is 8.99. The zero-order valence-electron chi connectivity index (χ0n) is 13.9. The van der Waals surface area contributed by atoms with Crippen molar-refractivity contribution in [1.82, 2.24) is 4.98 Å². The third kappa shape index (κ3) is 5.17. The molecule has 2 atom stereocenters. The predicted octanol–water partition coefficient (Wildman–Crippen LogP) is 2.59. The second-order valence-corrected chi connectivity index (χ2v) is 7.37. The van der Waals surface area contributed by atoms with Gasteiger partial charge < -0.3 is 18.0 Å². The maximum absolute atomic E-state index is 11.9. The number of rotatable bonds is 9. The van der Waals surface area contributed by atoms with E-state index >= 15 is 0 Å². The molecule has 0 saturated carbocycles. The number of carbonyl (C=O) groups is 1. The Bertz CT molecular complexity index is 451. The number of nitrogens with zero attached hydrogens (tertiary/aromatic N) is 1. The van der Waals surface area contributed by atoms with Crippen LogP contribution in [-0.2, 0) is 22.8 Å². The molecule has 1 rings (SSSR count). The molecular weight excluding hydrogens is 302 g/mol. The summed E-state index contributed by atoms with van der Waals surface area (Å²) in [4.78, 5) is 16.2. The van der Waals surface area contributed by atoms with Gasteiger partial charge in [0.05, 0.1) is 18.7 Å². The van der Waals surface area contributed by atoms with E-state index in [9.17, 15) is 4.79 Å². The van der Waals surface area contributed by atoms with Crippen molar-refractivity contribution >= 4 is 14.8 Å². The lowest BCUT2D eigenvalue weighted by atomic mass is 10.0. The number of aromatic nitrogens is 1. The van der Waals surface area contributed by atoms with Gasteiger partial charge in [0, 0.05) is 26.0 Å². The molecule has 22 heavy (non-hydrogen) atoms. The summed E-state index contributed by atoms with van der Waals surface area (Å²) in [6, 6.07) is 5.48. The first-order valence-corrected chi connectivity index (χ1v) is 9.64. The normalized spacial score (nSPS) is 14.4.